The number of rotatable bonds is 8. The fourth-order valence-corrected chi connectivity index (χ4v) is 4.47. The van der Waals surface area contributed by atoms with Crippen LogP contribution >= 0.6 is 0 Å². The fraction of sp³-hybridized carbons (Fsp3) is 0.560. The van der Waals surface area contributed by atoms with Crippen LogP contribution in [0.2, 0.25) is 0 Å². The van der Waals surface area contributed by atoms with E-state index in [-0.39, 0.29) is 29.8 Å². The third-order valence-corrected chi connectivity index (χ3v) is 6.52. The first-order chi connectivity index (χ1) is 14.4. The number of carbonyl (C=O) groups excluding carboxylic acids is 1. The van der Waals surface area contributed by atoms with Crippen molar-refractivity contribution in [3.63, 3.8) is 0 Å². The molecule has 4 atom stereocenters. The van der Waals surface area contributed by atoms with Crippen LogP contribution in [-0.2, 0) is 9.63 Å². The van der Waals surface area contributed by atoms with Crippen molar-refractivity contribution in [2.75, 3.05) is 0 Å². The molecule has 0 amide bonds. The van der Waals surface area contributed by atoms with Crippen LogP contribution in [0.3, 0.4) is 0 Å². The zero-order chi connectivity index (χ0) is 21.7. The molecule has 3 unspecified atom stereocenters. The zero-order valence-electron chi connectivity index (χ0n) is 18.4. The number of allylic oxidation sites excluding steroid dienone is 1. The van der Waals surface area contributed by atoms with Gasteiger partial charge in [-0.3, -0.25) is 4.79 Å². The van der Waals surface area contributed by atoms with E-state index < -0.39 is 0 Å². The average molecular weight is 411 g/mol. The monoisotopic (exact) mass is 410 g/mol. The molecule has 1 N–H and O–H groups in total. The standard InChI is InChI=1S/C25H34N2O3/c1-16(15-22-17(2)27-30-19(22)4)21-10-6-7-11-23(21)26-18(3)24(28)14-13-20-9-5-8-12-25(20)29/h6-7,10-11,19-20,22,25,29H,1,5,8-9,12-15H2,2-4H3/t19?,20?,22?,25-/m0/s1. The lowest BCUT2D eigenvalue weighted by molar-refractivity contribution is -0.113. The van der Waals surface area contributed by atoms with E-state index in [1.165, 1.54) is 0 Å². The lowest BCUT2D eigenvalue weighted by Crippen LogP contribution is -2.25. The second-order valence-corrected chi connectivity index (χ2v) is 8.75. The van der Waals surface area contributed by atoms with E-state index in [0.717, 1.165) is 61.1 Å². The van der Waals surface area contributed by atoms with Crippen molar-refractivity contribution in [1.29, 1.82) is 0 Å². The highest BCUT2D eigenvalue weighted by atomic mass is 16.6. The summed E-state index contributed by atoms with van der Waals surface area (Å²) in [6.07, 6.45) is 5.80. The third kappa shape index (κ3) is 5.45. The molecule has 1 aliphatic heterocycles. The number of para-hydroxylation sites is 1. The first-order valence-electron chi connectivity index (χ1n) is 11.1. The molecule has 1 aromatic rings. The van der Waals surface area contributed by atoms with Crippen LogP contribution in [0.25, 0.3) is 5.57 Å². The Kier molecular flexibility index (Phi) is 7.59. The molecular weight excluding hydrogens is 376 g/mol. The van der Waals surface area contributed by atoms with Gasteiger partial charge in [-0.2, -0.15) is 0 Å². The molecule has 0 spiro atoms. The predicted molar refractivity (Wildman–Crippen MR) is 122 cm³/mol. The van der Waals surface area contributed by atoms with Crippen LogP contribution in [0.5, 0.6) is 0 Å². The molecule has 1 aliphatic carbocycles. The number of benzene rings is 1. The van der Waals surface area contributed by atoms with Gasteiger partial charge in [-0.15, -0.1) is 0 Å². The number of aliphatic imine (C=N–C) groups is 1. The minimum atomic E-state index is -0.262. The van der Waals surface area contributed by atoms with Crippen LogP contribution in [0.15, 0.2) is 41.0 Å². The summed E-state index contributed by atoms with van der Waals surface area (Å²) in [5.74, 6) is 0.497. The van der Waals surface area contributed by atoms with E-state index >= 15 is 0 Å². The summed E-state index contributed by atoms with van der Waals surface area (Å²) in [5.41, 5.74) is 4.19. The molecule has 1 saturated carbocycles. The lowest BCUT2D eigenvalue weighted by Gasteiger charge is -2.27. The molecule has 30 heavy (non-hydrogen) atoms. The van der Waals surface area contributed by atoms with Gasteiger partial charge in [0.1, 0.15) is 6.10 Å². The Morgan fingerprint density at radius 1 is 1.30 bits per heavy atom. The molecule has 2 aliphatic rings. The van der Waals surface area contributed by atoms with Gasteiger partial charge in [0, 0.05) is 17.9 Å². The van der Waals surface area contributed by atoms with Crippen molar-refractivity contribution in [2.45, 2.75) is 77.9 Å². The number of oxime groups is 1. The van der Waals surface area contributed by atoms with Gasteiger partial charge in [0.15, 0.2) is 5.78 Å². The van der Waals surface area contributed by atoms with E-state index in [1.807, 2.05) is 38.1 Å². The number of hydrogen-bond acceptors (Lipinski definition) is 5. The summed E-state index contributed by atoms with van der Waals surface area (Å²) in [6.45, 7) is 10.1. The van der Waals surface area contributed by atoms with Crippen molar-refractivity contribution in [3.8, 4) is 0 Å². The minimum absolute atomic E-state index is 0.0378. The largest absolute Gasteiger partial charge is 0.393 e. The van der Waals surface area contributed by atoms with E-state index in [2.05, 4.69) is 16.7 Å². The van der Waals surface area contributed by atoms with Gasteiger partial charge < -0.3 is 9.94 Å². The molecule has 3 rings (SSSR count). The topological polar surface area (TPSA) is 71.2 Å². The molecule has 1 aromatic carbocycles. The van der Waals surface area contributed by atoms with Gasteiger partial charge in [-0.25, -0.2) is 4.99 Å². The molecule has 1 heterocycles. The summed E-state index contributed by atoms with van der Waals surface area (Å²) in [6, 6.07) is 7.83. The normalized spacial score (nSPS) is 26.8. The first kappa shape index (κ1) is 22.4. The second kappa shape index (κ2) is 10.2. The molecule has 1 fully saturated rings. The number of carbonyl (C=O) groups is 1. The summed E-state index contributed by atoms with van der Waals surface area (Å²) in [7, 11) is 0. The molecule has 0 aromatic heterocycles. The zero-order valence-corrected chi connectivity index (χ0v) is 18.4. The average Bonchev–Trinajstić information content (AvgIpc) is 3.05. The van der Waals surface area contributed by atoms with Crippen LogP contribution in [-0.4, -0.2) is 34.5 Å². The van der Waals surface area contributed by atoms with Gasteiger partial charge in [-0.05, 0) is 64.0 Å². The molecule has 0 radical (unpaired) electrons. The number of Topliss-reactive ketones (excluding diaryl/α,β-unsaturated/α-hetero) is 1. The third-order valence-electron chi connectivity index (χ3n) is 6.52. The van der Waals surface area contributed by atoms with Crippen molar-refractivity contribution in [1.82, 2.24) is 0 Å². The summed E-state index contributed by atoms with van der Waals surface area (Å²) in [4.78, 5) is 22.7. The van der Waals surface area contributed by atoms with Crippen LogP contribution in [0.1, 0.15) is 71.3 Å². The van der Waals surface area contributed by atoms with E-state index in [4.69, 9.17) is 4.84 Å². The summed E-state index contributed by atoms with van der Waals surface area (Å²) < 4.78 is 0. The van der Waals surface area contributed by atoms with Crippen LogP contribution in [0, 0.1) is 11.8 Å². The van der Waals surface area contributed by atoms with E-state index in [1.54, 1.807) is 6.92 Å². The van der Waals surface area contributed by atoms with Gasteiger partial charge in [0.2, 0.25) is 0 Å². The highest BCUT2D eigenvalue weighted by Gasteiger charge is 2.29. The SMILES string of the molecule is C=C(CC1C(C)=NOC1C)c1ccccc1N=C(C)C(=O)CCC1CCCC[C@@H]1O. The Morgan fingerprint density at radius 3 is 2.73 bits per heavy atom. The molecule has 162 valence electrons. The molecule has 0 saturated heterocycles. The molecule has 5 nitrogen and oxygen atoms in total. The number of hydrogen-bond donors (Lipinski definition) is 1. The van der Waals surface area contributed by atoms with Crippen molar-refractivity contribution < 1.29 is 14.7 Å². The summed E-state index contributed by atoms with van der Waals surface area (Å²) >= 11 is 0. The van der Waals surface area contributed by atoms with Gasteiger partial charge >= 0.3 is 0 Å². The summed E-state index contributed by atoms with van der Waals surface area (Å²) in [5, 5.41) is 14.2. The maximum atomic E-state index is 12.7. The van der Waals surface area contributed by atoms with Crippen LogP contribution in [0.4, 0.5) is 5.69 Å². The number of aliphatic hydroxyl groups excluding tert-OH is 1. The number of aliphatic hydroxyl groups is 1. The fourth-order valence-electron chi connectivity index (χ4n) is 4.47. The van der Waals surface area contributed by atoms with Gasteiger partial charge in [0.25, 0.3) is 0 Å². The number of ketones is 1. The van der Waals surface area contributed by atoms with E-state index in [0.29, 0.717) is 12.1 Å². The Morgan fingerprint density at radius 2 is 2.03 bits per heavy atom. The Hall–Kier alpha value is -2.27. The predicted octanol–water partition coefficient (Wildman–Crippen LogP) is 5.49. The van der Waals surface area contributed by atoms with Gasteiger partial charge in [0.05, 0.1) is 23.2 Å². The highest BCUT2D eigenvalue weighted by Crippen LogP contribution is 2.33. The Labute approximate surface area is 179 Å². The number of nitrogens with zero attached hydrogens (tertiary/aromatic N) is 2. The minimum Gasteiger partial charge on any atom is -0.393 e. The van der Waals surface area contributed by atoms with E-state index in [9.17, 15) is 9.90 Å². The lowest BCUT2D eigenvalue weighted by atomic mass is 9.83. The molecule has 5 heteroatoms. The molecular formula is C25H34N2O3. The van der Waals surface area contributed by atoms with Crippen molar-refractivity contribution in [3.05, 3.63) is 36.4 Å². The van der Waals surface area contributed by atoms with Crippen molar-refractivity contribution >= 4 is 28.5 Å². The smallest absolute Gasteiger partial charge is 0.176 e. The second-order valence-electron chi connectivity index (χ2n) is 8.75. The molecule has 0 bridgehead atoms. The van der Waals surface area contributed by atoms with Gasteiger partial charge in [-0.1, -0.05) is 42.8 Å². The maximum absolute atomic E-state index is 12.7. The van der Waals surface area contributed by atoms with Crippen LogP contribution < -0.4 is 0 Å². The van der Waals surface area contributed by atoms with Crippen molar-refractivity contribution in [2.24, 2.45) is 22.0 Å². The first-order valence-corrected chi connectivity index (χ1v) is 11.1. The quantitative estimate of drug-likeness (QED) is 0.576. The Bertz CT molecular complexity index is 843. The highest BCUT2D eigenvalue weighted by molar-refractivity contribution is 6.39. The maximum Gasteiger partial charge on any atom is 0.176 e. The Balaban J connectivity index is 1.66.